The van der Waals surface area contributed by atoms with E-state index < -0.39 is 12.1 Å². The number of fused-ring (bicyclic) bond motifs is 1. The molecule has 3 aromatic carbocycles. The van der Waals surface area contributed by atoms with E-state index in [1.807, 2.05) is 60.7 Å². The Kier molecular flexibility index (Phi) is 5.53. The van der Waals surface area contributed by atoms with Gasteiger partial charge < -0.3 is 4.74 Å². The van der Waals surface area contributed by atoms with Crippen molar-refractivity contribution in [2.24, 2.45) is 0 Å². The predicted octanol–water partition coefficient (Wildman–Crippen LogP) is 4.49. The van der Waals surface area contributed by atoms with Crippen molar-refractivity contribution in [2.75, 3.05) is 0 Å². The van der Waals surface area contributed by atoms with Crippen molar-refractivity contribution in [3.8, 4) is 0 Å². The Labute approximate surface area is 175 Å². The number of aromatic nitrogens is 2. The molecule has 0 amide bonds. The second kappa shape index (κ2) is 8.41. The number of nitrogens with zero attached hydrogens (tertiary/aromatic N) is 2. The molecule has 0 fully saturated rings. The Balaban J connectivity index is 1.63. The molecule has 1 aromatic heterocycles. The van der Waals surface area contributed by atoms with Crippen LogP contribution >= 0.6 is 15.9 Å². The van der Waals surface area contributed by atoms with Crippen molar-refractivity contribution >= 4 is 32.8 Å². The van der Waals surface area contributed by atoms with Crippen molar-refractivity contribution in [3.05, 3.63) is 111 Å². The monoisotopic (exact) mass is 448 g/mol. The maximum Gasteiger partial charge on any atom is 0.327 e. The molecule has 1 atom stereocenters. The second-order valence-electron chi connectivity index (χ2n) is 6.50. The van der Waals surface area contributed by atoms with Gasteiger partial charge in [0.2, 0.25) is 0 Å². The Morgan fingerprint density at radius 1 is 0.966 bits per heavy atom. The number of hydrogen-bond donors (Lipinski definition) is 0. The van der Waals surface area contributed by atoms with Crippen molar-refractivity contribution in [2.45, 2.75) is 12.6 Å². The van der Waals surface area contributed by atoms with Crippen LogP contribution in [0.25, 0.3) is 10.9 Å². The molecule has 0 radical (unpaired) electrons. The number of esters is 1. The molecule has 0 aliphatic heterocycles. The third-order valence-electron chi connectivity index (χ3n) is 4.57. The molecule has 0 saturated carbocycles. The molecule has 4 rings (SSSR count). The van der Waals surface area contributed by atoms with Gasteiger partial charge in [-0.05, 0) is 23.8 Å². The summed E-state index contributed by atoms with van der Waals surface area (Å²) >= 11 is 3.53. The van der Waals surface area contributed by atoms with Gasteiger partial charge in [-0.2, -0.15) is 0 Å². The lowest BCUT2D eigenvalue weighted by atomic mass is 10.0. The highest BCUT2D eigenvalue weighted by molar-refractivity contribution is 9.10. The quantitative estimate of drug-likeness (QED) is 0.422. The van der Waals surface area contributed by atoms with E-state index in [2.05, 4.69) is 20.9 Å². The molecule has 29 heavy (non-hydrogen) atoms. The summed E-state index contributed by atoms with van der Waals surface area (Å²) in [6.07, 6.45) is 0.783. The van der Waals surface area contributed by atoms with Crippen molar-refractivity contribution in [1.29, 1.82) is 0 Å². The predicted molar refractivity (Wildman–Crippen MR) is 115 cm³/mol. The average molecular weight is 449 g/mol. The van der Waals surface area contributed by atoms with Gasteiger partial charge in [-0.3, -0.25) is 14.2 Å². The van der Waals surface area contributed by atoms with E-state index in [1.54, 1.807) is 18.2 Å². The molecule has 4 aromatic rings. The first-order valence-electron chi connectivity index (χ1n) is 9.06. The van der Waals surface area contributed by atoms with E-state index in [1.165, 1.54) is 10.9 Å². The van der Waals surface area contributed by atoms with Gasteiger partial charge >= 0.3 is 5.97 Å². The standard InChI is InChI=1S/C23H17BrN2O3/c24-19-12-6-4-10-17(19)22(16-8-2-1-3-9-16)29-21(27)14-26-15-25-20-13-7-5-11-18(20)23(26)28/h1-13,15,22H,14H2/t22-/m1/s1. The molecule has 0 spiro atoms. The van der Waals surface area contributed by atoms with Gasteiger partial charge in [-0.25, -0.2) is 4.98 Å². The van der Waals surface area contributed by atoms with Gasteiger partial charge in [0, 0.05) is 10.0 Å². The minimum Gasteiger partial charge on any atom is -0.451 e. The highest BCUT2D eigenvalue weighted by atomic mass is 79.9. The Bertz CT molecular complexity index is 1220. The normalized spacial score (nSPS) is 11.9. The highest BCUT2D eigenvalue weighted by Gasteiger charge is 2.21. The third-order valence-corrected chi connectivity index (χ3v) is 5.29. The zero-order chi connectivity index (χ0) is 20.2. The van der Waals surface area contributed by atoms with Crippen LogP contribution in [-0.4, -0.2) is 15.5 Å². The smallest absolute Gasteiger partial charge is 0.327 e. The van der Waals surface area contributed by atoms with E-state index in [4.69, 9.17) is 4.74 Å². The average Bonchev–Trinajstić information content (AvgIpc) is 2.75. The van der Waals surface area contributed by atoms with Crippen LogP contribution in [0.5, 0.6) is 0 Å². The summed E-state index contributed by atoms with van der Waals surface area (Å²) < 4.78 is 7.93. The highest BCUT2D eigenvalue weighted by Crippen LogP contribution is 2.31. The minimum atomic E-state index is -0.594. The molecule has 5 nitrogen and oxygen atoms in total. The Hall–Kier alpha value is -3.25. The van der Waals surface area contributed by atoms with Gasteiger partial charge in [0.25, 0.3) is 5.56 Å². The summed E-state index contributed by atoms with van der Waals surface area (Å²) in [7, 11) is 0. The van der Waals surface area contributed by atoms with Crippen LogP contribution < -0.4 is 5.56 Å². The molecule has 0 saturated heterocycles. The van der Waals surface area contributed by atoms with Gasteiger partial charge in [0.1, 0.15) is 6.54 Å². The van der Waals surface area contributed by atoms with Crippen LogP contribution in [0.2, 0.25) is 0 Å². The van der Waals surface area contributed by atoms with Gasteiger partial charge in [-0.15, -0.1) is 0 Å². The lowest BCUT2D eigenvalue weighted by Crippen LogP contribution is -2.26. The minimum absolute atomic E-state index is 0.218. The van der Waals surface area contributed by atoms with Crippen molar-refractivity contribution in [3.63, 3.8) is 0 Å². The molecule has 6 heteroatoms. The molecule has 0 bridgehead atoms. The van der Waals surface area contributed by atoms with Crippen LogP contribution in [0.3, 0.4) is 0 Å². The Morgan fingerprint density at radius 3 is 2.45 bits per heavy atom. The van der Waals surface area contributed by atoms with Crippen LogP contribution in [0.4, 0.5) is 0 Å². The van der Waals surface area contributed by atoms with E-state index in [0.29, 0.717) is 10.9 Å². The fourth-order valence-electron chi connectivity index (χ4n) is 3.15. The SMILES string of the molecule is O=C(Cn1cnc2ccccc2c1=O)O[C@H](c1ccccc1)c1ccccc1Br. The fourth-order valence-corrected chi connectivity index (χ4v) is 3.65. The van der Waals surface area contributed by atoms with E-state index >= 15 is 0 Å². The van der Waals surface area contributed by atoms with Gasteiger partial charge in [0.05, 0.1) is 17.2 Å². The number of carbonyl (C=O) groups is 1. The topological polar surface area (TPSA) is 61.2 Å². The molecular formula is C23H17BrN2O3. The number of halogens is 1. The summed E-state index contributed by atoms with van der Waals surface area (Å²) in [6.45, 7) is -0.218. The number of rotatable bonds is 5. The first-order valence-corrected chi connectivity index (χ1v) is 9.86. The third kappa shape index (κ3) is 4.12. The summed E-state index contributed by atoms with van der Waals surface area (Å²) in [4.78, 5) is 29.6. The molecule has 144 valence electrons. The Morgan fingerprint density at radius 2 is 1.66 bits per heavy atom. The summed E-state index contributed by atoms with van der Waals surface area (Å²) in [5.41, 5.74) is 2.00. The largest absolute Gasteiger partial charge is 0.451 e. The second-order valence-corrected chi connectivity index (χ2v) is 7.35. The van der Waals surface area contributed by atoms with E-state index in [-0.39, 0.29) is 12.1 Å². The van der Waals surface area contributed by atoms with Crippen LogP contribution in [-0.2, 0) is 16.1 Å². The lowest BCUT2D eigenvalue weighted by molar-refractivity contribution is -0.148. The van der Waals surface area contributed by atoms with Crippen molar-refractivity contribution in [1.82, 2.24) is 9.55 Å². The van der Waals surface area contributed by atoms with Gasteiger partial charge in [-0.1, -0.05) is 76.6 Å². The van der Waals surface area contributed by atoms with E-state index in [0.717, 1.165) is 15.6 Å². The first kappa shape index (κ1) is 19.1. The van der Waals surface area contributed by atoms with Crippen molar-refractivity contribution < 1.29 is 9.53 Å². The maximum absolute atomic E-state index is 12.7. The first-order chi connectivity index (χ1) is 14.1. The lowest BCUT2D eigenvalue weighted by Gasteiger charge is -2.20. The zero-order valence-corrected chi connectivity index (χ0v) is 17.0. The van der Waals surface area contributed by atoms with Crippen LogP contribution in [0.15, 0.2) is 94.5 Å². The van der Waals surface area contributed by atoms with Crippen LogP contribution in [0, 0.1) is 0 Å². The number of ether oxygens (including phenoxy) is 1. The fraction of sp³-hybridized carbons (Fsp3) is 0.0870. The molecule has 0 unspecified atom stereocenters. The number of benzene rings is 3. The number of para-hydroxylation sites is 1. The van der Waals surface area contributed by atoms with Gasteiger partial charge in [0.15, 0.2) is 6.10 Å². The molecule has 1 heterocycles. The summed E-state index contributed by atoms with van der Waals surface area (Å²) in [5, 5.41) is 0.466. The number of hydrogen-bond acceptors (Lipinski definition) is 4. The number of carbonyl (C=O) groups excluding carboxylic acids is 1. The summed E-state index contributed by atoms with van der Waals surface area (Å²) in [5.74, 6) is -0.520. The zero-order valence-electron chi connectivity index (χ0n) is 15.4. The molecular weight excluding hydrogens is 432 g/mol. The molecule has 0 aliphatic carbocycles. The maximum atomic E-state index is 12.7. The summed E-state index contributed by atoms with van der Waals surface area (Å²) in [6, 6.07) is 24.1. The molecule has 0 N–H and O–H groups in total. The molecule has 0 aliphatic rings. The van der Waals surface area contributed by atoms with E-state index in [9.17, 15) is 9.59 Å². The van der Waals surface area contributed by atoms with Crippen LogP contribution in [0.1, 0.15) is 17.2 Å².